The monoisotopic (exact) mass is 295 g/mol. The maximum Gasteiger partial charge on any atom is 0.460 e. The second-order valence-corrected chi connectivity index (χ2v) is 4.35. The van der Waals surface area contributed by atoms with Crippen LogP contribution in [0.2, 0.25) is 0 Å². The van der Waals surface area contributed by atoms with Gasteiger partial charge in [-0.3, -0.25) is 4.79 Å². The van der Waals surface area contributed by atoms with Crippen LogP contribution in [0.25, 0.3) is 0 Å². The molecule has 1 rings (SSSR count). The quantitative estimate of drug-likeness (QED) is 0.716. The highest BCUT2D eigenvalue weighted by atomic mass is 19.4. The molecule has 19 heavy (non-hydrogen) atoms. The van der Waals surface area contributed by atoms with Crippen molar-refractivity contribution in [2.45, 2.75) is 43.7 Å². The highest BCUT2D eigenvalue weighted by molar-refractivity contribution is 5.85. The Balaban J connectivity index is 2.95. The molecule has 112 valence electrons. The fourth-order valence-corrected chi connectivity index (χ4v) is 1.78. The first kappa shape index (κ1) is 16.0. The van der Waals surface area contributed by atoms with Crippen LogP contribution in [0.5, 0.6) is 0 Å². The zero-order chi connectivity index (χ0) is 14.9. The Kier molecular flexibility index (Phi) is 4.36. The van der Waals surface area contributed by atoms with Gasteiger partial charge >= 0.3 is 18.0 Å². The number of hydrogen-bond donors (Lipinski definition) is 0. The minimum absolute atomic E-state index is 0.234. The van der Waals surface area contributed by atoms with Crippen LogP contribution in [0.1, 0.15) is 25.7 Å². The summed E-state index contributed by atoms with van der Waals surface area (Å²) in [6, 6.07) is 0. The molecule has 0 aromatic carbocycles. The largest absolute Gasteiger partial charge is 0.460 e. The summed E-state index contributed by atoms with van der Waals surface area (Å²) < 4.78 is 87.5. The maximum absolute atomic E-state index is 13.1. The molecule has 0 aromatic heterocycles. The van der Waals surface area contributed by atoms with Crippen molar-refractivity contribution in [1.82, 2.24) is 4.90 Å². The second-order valence-electron chi connectivity index (χ2n) is 4.35. The molecule has 1 aliphatic heterocycles. The molecule has 0 spiro atoms. The molecule has 0 N–H and O–H groups in total. The van der Waals surface area contributed by atoms with Gasteiger partial charge in [-0.05, 0) is 12.8 Å². The van der Waals surface area contributed by atoms with Gasteiger partial charge in [0.15, 0.2) is 0 Å². The summed E-state index contributed by atoms with van der Waals surface area (Å²) in [5, 5.41) is 0. The van der Waals surface area contributed by atoms with E-state index in [1.165, 1.54) is 0 Å². The Morgan fingerprint density at radius 1 is 0.789 bits per heavy atom. The number of hydrogen-bond acceptors (Lipinski definition) is 1. The maximum atomic E-state index is 13.1. The summed E-state index contributed by atoms with van der Waals surface area (Å²) in [5.74, 6) is -14.6. The van der Waals surface area contributed by atoms with E-state index in [4.69, 9.17) is 0 Å². The zero-order valence-corrected chi connectivity index (χ0v) is 9.74. The van der Waals surface area contributed by atoms with Crippen LogP contribution in [0.4, 0.5) is 30.7 Å². The molecular weight excluding hydrogens is 283 g/mol. The van der Waals surface area contributed by atoms with Crippen molar-refractivity contribution in [2.75, 3.05) is 13.1 Å². The van der Waals surface area contributed by atoms with Gasteiger partial charge in [-0.2, -0.15) is 30.7 Å². The van der Waals surface area contributed by atoms with E-state index in [2.05, 4.69) is 0 Å². The van der Waals surface area contributed by atoms with Crippen LogP contribution in [-0.2, 0) is 4.79 Å². The van der Waals surface area contributed by atoms with Gasteiger partial charge in [0.25, 0.3) is 5.91 Å². The second kappa shape index (κ2) is 5.16. The van der Waals surface area contributed by atoms with Gasteiger partial charge in [0.05, 0.1) is 0 Å². The first-order valence-corrected chi connectivity index (χ1v) is 5.63. The Morgan fingerprint density at radius 2 is 1.21 bits per heavy atom. The zero-order valence-electron chi connectivity index (χ0n) is 9.74. The molecule has 0 unspecified atom stereocenters. The van der Waals surface area contributed by atoms with Crippen LogP contribution in [-0.4, -0.2) is 41.9 Å². The number of amides is 1. The average Bonchev–Trinajstić information content (AvgIpc) is 2.54. The molecule has 0 aromatic rings. The summed E-state index contributed by atoms with van der Waals surface area (Å²) in [5.41, 5.74) is 0. The van der Waals surface area contributed by atoms with Crippen LogP contribution in [0.15, 0.2) is 0 Å². The number of halogens is 7. The molecular formula is C10H12F7NO. The van der Waals surface area contributed by atoms with Crippen molar-refractivity contribution in [1.29, 1.82) is 0 Å². The predicted molar refractivity (Wildman–Crippen MR) is 51.0 cm³/mol. The van der Waals surface area contributed by atoms with Gasteiger partial charge in [0.1, 0.15) is 0 Å². The summed E-state index contributed by atoms with van der Waals surface area (Å²) in [7, 11) is 0. The van der Waals surface area contributed by atoms with Crippen molar-refractivity contribution >= 4 is 5.91 Å². The number of likely N-dealkylation sites (tertiary alicyclic amines) is 1. The van der Waals surface area contributed by atoms with E-state index >= 15 is 0 Å². The third-order valence-electron chi connectivity index (χ3n) is 2.91. The highest BCUT2D eigenvalue weighted by Crippen LogP contribution is 2.47. The molecule has 0 bridgehead atoms. The average molecular weight is 295 g/mol. The number of carbonyl (C=O) groups excluding carboxylic acids is 1. The number of alkyl halides is 7. The third-order valence-corrected chi connectivity index (χ3v) is 2.91. The van der Waals surface area contributed by atoms with E-state index in [-0.39, 0.29) is 13.1 Å². The third kappa shape index (κ3) is 2.94. The topological polar surface area (TPSA) is 20.3 Å². The number of rotatable bonds is 2. The lowest BCUT2D eigenvalue weighted by Gasteiger charge is -2.31. The molecule has 9 heteroatoms. The van der Waals surface area contributed by atoms with Gasteiger partial charge in [0, 0.05) is 13.1 Å². The van der Waals surface area contributed by atoms with Gasteiger partial charge in [0.2, 0.25) is 0 Å². The van der Waals surface area contributed by atoms with E-state index in [1.807, 2.05) is 0 Å². The van der Waals surface area contributed by atoms with Crippen LogP contribution < -0.4 is 0 Å². The molecule has 0 atom stereocenters. The molecule has 1 aliphatic rings. The van der Waals surface area contributed by atoms with E-state index in [0.29, 0.717) is 30.6 Å². The van der Waals surface area contributed by atoms with Crippen LogP contribution in [0.3, 0.4) is 0 Å². The molecule has 0 saturated carbocycles. The van der Waals surface area contributed by atoms with Crippen molar-refractivity contribution in [2.24, 2.45) is 0 Å². The van der Waals surface area contributed by atoms with Crippen molar-refractivity contribution in [3.8, 4) is 0 Å². The Hall–Kier alpha value is -1.02. The smallest absolute Gasteiger partial charge is 0.337 e. The van der Waals surface area contributed by atoms with Crippen LogP contribution >= 0.6 is 0 Å². The van der Waals surface area contributed by atoms with E-state index in [1.54, 1.807) is 0 Å². The first-order chi connectivity index (χ1) is 8.52. The SMILES string of the molecule is O=C(N1CCCCCC1)C(F)(F)C(F)(F)C(F)(F)F. The van der Waals surface area contributed by atoms with E-state index < -0.39 is 23.9 Å². The normalized spacial score (nSPS) is 19.2. The lowest BCUT2D eigenvalue weighted by atomic mass is 10.1. The molecule has 1 heterocycles. The van der Waals surface area contributed by atoms with E-state index in [9.17, 15) is 35.5 Å². The fourth-order valence-electron chi connectivity index (χ4n) is 1.78. The highest BCUT2D eigenvalue weighted by Gasteiger charge is 2.76. The standard InChI is InChI=1S/C10H12F7NO/c11-8(12,9(13,14)10(15,16)17)7(19)18-5-3-1-2-4-6-18/h1-6H2. The van der Waals surface area contributed by atoms with Gasteiger partial charge < -0.3 is 4.90 Å². The van der Waals surface area contributed by atoms with Gasteiger partial charge in [-0.15, -0.1) is 0 Å². The fraction of sp³-hybridized carbons (Fsp3) is 0.900. The number of carbonyl (C=O) groups is 1. The Morgan fingerprint density at radius 3 is 1.58 bits per heavy atom. The molecule has 1 fully saturated rings. The Labute approximate surface area is 104 Å². The predicted octanol–water partition coefficient (Wildman–Crippen LogP) is 3.22. The Bertz CT molecular complexity index is 331. The molecule has 2 nitrogen and oxygen atoms in total. The summed E-state index contributed by atoms with van der Waals surface area (Å²) in [6.07, 6.45) is -4.63. The number of nitrogens with zero attached hydrogens (tertiary/aromatic N) is 1. The summed E-state index contributed by atoms with van der Waals surface area (Å²) in [6.45, 7) is -0.468. The minimum atomic E-state index is -6.47. The summed E-state index contributed by atoms with van der Waals surface area (Å²) in [4.78, 5) is 11.6. The first-order valence-electron chi connectivity index (χ1n) is 5.63. The van der Waals surface area contributed by atoms with Gasteiger partial charge in [-0.1, -0.05) is 12.8 Å². The van der Waals surface area contributed by atoms with Crippen LogP contribution in [0, 0.1) is 0 Å². The van der Waals surface area contributed by atoms with Crippen molar-refractivity contribution in [3.05, 3.63) is 0 Å². The molecule has 1 saturated heterocycles. The molecule has 0 radical (unpaired) electrons. The lowest BCUT2D eigenvalue weighted by Crippen LogP contribution is -2.60. The molecule has 0 aliphatic carbocycles. The van der Waals surface area contributed by atoms with Gasteiger partial charge in [-0.25, -0.2) is 0 Å². The van der Waals surface area contributed by atoms with Crippen molar-refractivity contribution < 1.29 is 35.5 Å². The van der Waals surface area contributed by atoms with E-state index in [0.717, 1.165) is 0 Å². The minimum Gasteiger partial charge on any atom is -0.337 e. The lowest BCUT2D eigenvalue weighted by molar-refractivity contribution is -0.345. The summed E-state index contributed by atoms with van der Waals surface area (Å²) >= 11 is 0. The molecule has 1 amide bonds. The van der Waals surface area contributed by atoms with Crippen molar-refractivity contribution in [3.63, 3.8) is 0 Å².